The fourth-order valence-corrected chi connectivity index (χ4v) is 2.75. The Hall–Kier alpha value is -1.56. The summed E-state index contributed by atoms with van der Waals surface area (Å²) in [4.78, 5) is 6.93. The molecule has 0 amide bonds. The lowest BCUT2D eigenvalue weighted by Crippen LogP contribution is -2.42. The predicted octanol–water partition coefficient (Wildman–Crippen LogP) is 3.19. The van der Waals surface area contributed by atoms with Crippen LogP contribution >= 0.6 is 0 Å². The van der Waals surface area contributed by atoms with E-state index >= 15 is 0 Å². The van der Waals surface area contributed by atoms with Crippen molar-refractivity contribution in [3.63, 3.8) is 0 Å². The predicted molar refractivity (Wildman–Crippen MR) is 73.6 cm³/mol. The van der Waals surface area contributed by atoms with Crippen molar-refractivity contribution in [1.82, 2.24) is 4.98 Å². The lowest BCUT2D eigenvalue weighted by atomic mass is 9.94. The number of piperidine rings is 1. The molecule has 0 aliphatic carbocycles. The molecule has 1 aromatic rings. The van der Waals surface area contributed by atoms with E-state index in [0.717, 1.165) is 29.2 Å². The first kappa shape index (κ1) is 12.9. The number of aryl methyl sites for hydroxylation is 2. The van der Waals surface area contributed by atoms with Gasteiger partial charge in [0.15, 0.2) is 0 Å². The largest absolute Gasteiger partial charge is 0.353 e. The zero-order valence-electron chi connectivity index (χ0n) is 11.7. The molecule has 1 aliphatic rings. The average molecular weight is 243 g/mol. The maximum atomic E-state index is 9.36. The number of aromatic nitrogens is 1. The van der Waals surface area contributed by atoms with Crippen LogP contribution in [0.3, 0.4) is 0 Å². The molecule has 1 fully saturated rings. The van der Waals surface area contributed by atoms with E-state index < -0.39 is 0 Å². The minimum Gasteiger partial charge on any atom is -0.353 e. The summed E-state index contributed by atoms with van der Waals surface area (Å²) in [7, 11) is 0. The Morgan fingerprint density at radius 2 is 2.06 bits per heavy atom. The van der Waals surface area contributed by atoms with Crippen molar-refractivity contribution in [2.75, 3.05) is 11.4 Å². The average Bonchev–Trinajstić information content (AvgIpc) is 2.31. The van der Waals surface area contributed by atoms with Gasteiger partial charge in [-0.15, -0.1) is 0 Å². The molecule has 1 aromatic heterocycles. The zero-order chi connectivity index (χ0) is 13.3. The van der Waals surface area contributed by atoms with Crippen LogP contribution in [0.1, 0.15) is 43.5 Å². The SMILES string of the molecule is Cc1cc(C)c(C#N)c(N2CC(C)CCC2C)n1. The van der Waals surface area contributed by atoms with Crippen LogP contribution in [0.5, 0.6) is 0 Å². The van der Waals surface area contributed by atoms with Gasteiger partial charge in [-0.1, -0.05) is 6.92 Å². The van der Waals surface area contributed by atoms with E-state index in [1.54, 1.807) is 0 Å². The van der Waals surface area contributed by atoms with Crippen LogP contribution in [0.25, 0.3) is 0 Å². The summed E-state index contributed by atoms with van der Waals surface area (Å²) in [5.74, 6) is 1.56. The number of anilines is 1. The first-order valence-corrected chi connectivity index (χ1v) is 6.68. The van der Waals surface area contributed by atoms with E-state index in [9.17, 15) is 5.26 Å². The minimum absolute atomic E-state index is 0.474. The van der Waals surface area contributed by atoms with Crippen molar-refractivity contribution in [1.29, 1.82) is 5.26 Å². The molecule has 0 spiro atoms. The van der Waals surface area contributed by atoms with Gasteiger partial charge in [-0.05, 0) is 51.2 Å². The summed E-state index contributed by atoms with van der Waals surface area (Å²) < 4.78 is 0. The number of hydrogen-bond acceptors (Lipinski definition) is 3. The van der Waals surface area contributed by atoms with Gasteiger partial charge in [-0.3, -0.25) is 0 Å². The monoisotopic (exact) mass is 243 g/mol. The second-order valence-electron chi connectivity index (χ2n) is 5.57. The molecule has 0 aromatic carbocycles. The molecule has 0 N–H and O–H groups in total. The highest BCUT2D eigenvalue weighted by atomic mass is 15.2. The first-order chi connectivity index (χ1) is 8.52. The fourth-order valence-electron chi connectivity index (χ4n) is 2.75. The van der Waals surface area contributed by atoms with Crippen molar-refractivity contribution in [3.8, 4) is 6.07 Å². The fraction of sp³-hybridized carbons (Fsp3) is 0.600. The number of pyridine rings is 1. The molecule has 2 rings (SSSR count). The highest BCUT2D eigenvalue weighted by Gasteiger charge is 2.26. The highest BCUT2D eigenvalue weighted by Crippen LogP contribution is 2.30. The van der Waals surface area contributed by atoms with Gasteiger partial charge in [0.25, 0.3) is 0 Å². The van der Waals surface area contributed by atoms with Crippen LogP contribution in [0.2, 0.25) is 0 Å². The molecule has 0 radical (unpaired) electrons. The van der Waals surface area contributed by atoms with Crippen LogP contribution in [0.4, 0.5) is 5.82 Å². The Morgan fingerprint density at radius 1 is 1.33 bits per heavy atom. The summed E-state index contributed by atoms with van der Waals surface area (Å²) in [6.45, 7) is 9.50. The third-order valence-electron chi connectivity index (χ3n) is 3.83. The molecule has 0 bridgehead atoms. The Balaban J connectivity index is 2.46. The first-order valence-electron chi connectivity index (χ1n) is 6.68. The summed E-state index contributed by atoms with van der Waals surface area (Å²) in [6, 6.07) is 4.78. The van der Waals surface area contributed by atoms with Gasteiger partial charge in [-0.25, -0.2) is 4.98 Å². The summed E-state index contributed by atoms with van der Waals surface area (Å²) in [5, 5.41) is 9.36. The lowest BCUT2D eigenvalue weighted by Gasteiger charge is -2.38. The molecule has 96 valence electrons. The van der Waals surface area contributed by atoms with Crippen molar-refractivity contribution in [2.45, 2.75) is 46.6 Å². The lowest BCUT2D eigenvalue weighted by molar-refractivity contribution is 0.388. The smallest absolute Gasteiger partial charge is 0.147 e. The molecule has 0 saturated carbocycles. The van der Waals surface area contributed by atoms with Gasteiger partial charge in [0.1, 0.15) is 11.9 Å². The van der Waals surface area contributed by atoms with Gasteiger partial charge >= 0.3 is 0 Å². The normalized spacial score (nSPS) is 23.8. The molecule has 18 heavy (non-hydrogen) atoms. The third-order valence-corrected chi connectivity index (χ3v) is 3.83. The Kier molecular flexibility index (Phi) is 3.56. The molecule has 3 heteroatoms. The Bertz CT molecular complexity index is 487. The van der Waals surface area contributed by atoms with E-state index in [0.29, 0.717) is 12.0 Å². The van der Waals surface area contributed by atoms with Gasteiger partial charge in [0, 0.05) is 18.3 Å². The highest BCUT2D eigenvalue weighted by molar-refractivity contribution is 5.58. The van der Waals surface area contributed by atoms with Gasteiger partial charge < -0.3 is 4.90 Å². The van der Waals surface area contributed by atoms with E-state index in [1.165, 1.54) is 12.8 Å². The Morgan fingerprint density at radius 3 is 2.72 bits per heavy atom. The molecular formula is C15H21N3. The molecule has 2 atom stereocenters. The maximum Gasteiger partial charge on any atom is 0.147 e. The molecular weight excluding hydrogens is 222 g/mol. The van der Waals surface area contributed by atoms with Gasteiger partial charge in [0.05, 0.1) is 5.56 Å². The van der Waals surface area contributed by atoms with Crippen LogP contribution in [-0.4, -0.2) is 17.6 Å². The Labute approximate surface area is 109 Å². The van der Waals surface area contributed by atoms with E-state index in [1.807, 2.05) is 19.9 Å². The standard InChI is InChI=1S/C15H21N3/c1-10-5-6-13(4)18(9-10)15-14(8-16)11(2)7-12(3)17-15/h7,10,13H,5-6,9H2,1-4H3. The van der Waals surface area contributed by atoms with Crippen LogP contribution in [-0.2, 0) is 0 Å². The van der Waals surface area contributed by atoms with Gasteiger partial charge in [0.2, 0.25) is 0 Å². The number of nitriles is 1. The molecule has 3 nitrogen and oxygen atoms in total. The van der Waals surface area contributed by atoms with E-state index in [-0.39, 0.29) is 0 Å². The van der Waals surface area contributed by atoms with Crippen LogP contribution < -0.4 is 4.90 Å². The zero-order valence-corrected chi connectivity index (χ0v) is 11.7. The number of hydrogen-bond donors (Lipinski definition) is 0. The molecule has 2 unspecified atom stereocenters. The quantitative estimate of drug-likeness (QED) is 0.760. The number of rotatable bonds is 1. The maximum absolute atomic E-state index is 9.36. The van der Waals surface area contributed by atoms with Crippen LogP contribution in [0.15, 0.2) is 6.07 Å². The van der Waals surface area contributed by atoms with Crippen molar-refractivity contribution in [2.24, 2.45) is 5.92 Å². The second-order valence-corrected chi connectivity index (χ2v) is 5.57. The third kappa shape index (κ3) is 2.33. The molecule has 1 aliphatic heterocycles. The molecule has 1 saturated heterocycles. The summed E-state index contributed by atoms with van der Waals surface area (Å²) >= 11 is 0. The summed E-state index contributed by atoms with van der Waals surface area (Å²) in [6.07, 6.45) is 2.45. The topological polar surface area (TPSA) is 39.9 Å². The van der Waals surface area contributed by atoms with Crippen molar-refractivity contribution < 1.29 is 0 Å². The second kappa shape index (κ2) is 4.97. The summed E-state index contributed by atoms with van der Waals surface area (Å²) in [5.41, 5.74) is 2.76. The van der Waals surface area contributed by atoms with Crippen LogP contribution in [0, 0.1) is 31.1 Å². The van der Waals surface area contributed by atoms with Crippen molar-refractivity contribution >= 4 is 5.82 Å². The van der Waals surface area contributed by atoms with Gasteiger partial charge in [-0.2, -0.15) is 5.26 Å². The minimum atomic E-state index is 0.474. The number of nitrogens with zero attached hydrogens (tertiary/aromatic N) is 3. The van der Waals surface area contributed by atoms with E-state index in [4.69, 9.17) is 0 Å². The molecule has 2 heterocycles. The van der Waals surface area contributed by atoms with E-state index in [2.05, 4.69) is 29.8 Å². The van der Waals surface area contributed by atoms with Crippen molar-refractivity contribution in [3.05, 3.63) is 22.9 Å².